The number of hydrogen-bond donors (Lipinski definition) is 1. The topological polar surface area (TPSA) is 115 Å². The standard InChI is InChI=1S/C21H15ClN4O4/c22-15-5-1-12(2-6-15)14-9-18-17(19(27)10-14)11-23-21(24-18)25-20(28)13-3-7-16(8-4-13)26(29)30/h1-8,11,14H,9-10H2,(H,23,24,25,28). The summed E-state index contributed by atoms with van der Waals surface area (Å²) in [5.41, 5.74) is 2.14. The molecule has 1 unspecified atom stereocenters. The van der Waals surface area contributed by atoms with Gasteiger partial charge in [0.1, 0.15) is 0 Å². The number of anilines is 1. The molecule has 0 saturated carbocycles. The summed E-state index contributed by atoms with van der Waals surface area (Å²) in [6.45, 7) is 0. The van der Waals surface area contributed by atoms with Gasteiger partial charge in [-0.2, -0.15) is 0 Å². The SMILES string of the molecule is O=C(Nc1ncc2c(n1)CC(c1ccc(Cl)cc1)CC2=O)c1ccc([N+](=O)[O-])cc1. The van der Waals surface area contributed by atoms with Gasteiger partial charge in [0.15, 0.2) is 5.78 Å². The normalized spacial score (nSPS) is 15.4. The highest BCUT2D eigenvalue weighted by molar-refractivity contribution is 6.30. The number of halogens is 1. The number of fused-ring (bicyclic) bond motifs is 1. The summed E-state index contributed by atoms with van der Waals surface area (Å²) in [5.74, 6) is -0.511. The number of amides is 1. The van der Waals surface area contributed by atoms with Crippen LogP contribution in [0.15, 0.2) is 54.7 Å². The Bertz CT molecular complexity index is 1150. The molecule has 0 fully saturated rings. The molecule has 1 aliphatic rings. The van der Waals surface area contributed by atoms with Crippen molar-refractivity contribution in [3.05, 3.63) is 92.2 Å². The number of Topliss-reactive ketones (excluding diaryl/α,β-unsaturated/α-hetero) is 1. The third-order valence-corrected chi connectivity index (χ3v) is 5.20. The number of ketones is 1. The van der Waals surface area contributed by atoms with Crippen molar-refractivity contribution in [2.75, 3.05) is 5.32 Å². The van der Waals surface area contributed by atoms with E-state index < -0.39 is 10.8 Å². The molecule has 30 heavy (non-hydrogen) atoms. The van der Waals surface area contributed by atoms with Crippen molar-refractivity contribution < 1.29 is 14.5 Å². The predicted octanol–water partition coefficient (Wildman–Crippen LogP) is 4.20. The molecule has 1 aromatic heterocycles. The number of nitro benzene ring substituents is 1. The second kappa shape index (κ2) is 8.00. The van der Waals surface area contributed by atoms with Gasteiger partial charge in [-0.15, -0.1) is 0 Å². The lowest BCUT2D eigenvalue weighted by molar-refractivity contribution is -0.384. The molecule has 0 aliphatic heterocycles. The Labute approximate surface area is 176 Å². The summed E-state index contributed by atoms with van der Waals surface area (Å²) >= 11 is 5.94. The average molecular weight is 423 g/mol. The van der Waals surface area contributed by atoms with E-state index in [1.165, 1.54) is 30.5 Å². The van der Waals surface area contributed by atoms with Gasteiger partial charge in [-0.1, -0.05) is 23.7 Å². The van der Waals surface area contributed by atoms with E-state index >= 15 is 0 Å². The van der Waals surface area contributed by atoms with Gasteiger partial charge in [-0.25, -0.2) is 9.97 Å². The van der Waals surface area contributed by atoms with Gasteiger partial charge in [0.25, 0.3) is 11.6 Å². The first-order valence-corrected chi connectivity index (χ1v) is 9.49. The molecule has 1 aliphatic carbocycles. The Kier molecular flexibility index (Phi) is 5.24. The number of nitrogens with one attached hydrogen (secondary N) is 1. The monoisotopic (exact) mass is 422 g/mol. The minimum absolute atomic E-state index is 0.0320. The van der Waals surface area contributed by atoms with Crippen LogP contribution in [0, 0.1) is 10.1 Å². The molecule has 4 rings (SSSR count). The van der Waals surface area contributed by atoms with Gasteiger partial charge < -0.3 is 0 Å². The Balaban J connectivity index is 1.54. The van der Waals surface area contributed by atoms with E-state index in [4.69, 9.17) is 11.6 Å². The molecule has 0 spiro atoms. The zero-order chi connectivity index (χ0) is 21.3. The highest BCUT2D eigenvalue weighted by Crippen LogP contribution is 2.32. The minimum atomic E-state index is -0.539. The maximum Gasteiger partial charge on any atom is 0.269 e. The quantitative estimate of drug-likeness (QED) is 0.497. The van der Waals surface area contributed by atoms with Crippen LogP contribution in [0.1, 0.15) is 44.3 Å². The number of aromatic nitrogens is 2. The van der Waals surface area contributed by atoms with Gasteiger partial charge in [0.05, 0.1) is 16.2 Å². The van der Waals surface area contributed by atoms with Crippen molar-refractivity contribution in [3.8, 4) is 0 Å². The summed E-state index contributed by atoms with van der Waals surface area (Å²) < 4.78 is 0. The molecule has 0 saturated heterocycles. The third kappa shape index (κ3) is 4.04. The van der Waals surface area contributed by atoms with Crippen LogP contribution < -0.4 is 5.32 Å². The molecule has 1 amide bonds. The largest absolute Gasteiger partial charge is 0.294 e. The molecular formula is C21H15ClN4O4. The van der Waals surface area contributed by atoms with Crippen LogP contribution in [0.25, 0.3) is 0 Å². The number of non-ortho nitro benzene ring substituents is 1. The summed E-state index contributed by atoms with van der Waals surface area (Å²) in [7, 11) is 0. The van der Waals surface area contributed by atoms with Crippen LogP contribution in [-0.4, -0.2) is 26.6 Å². The van der Waals surface area contributed by atoms with Crippen LogP contribution in [0.2, 0.25) is 5.02 Å². The lowest BCUT2D eigenvalue weighted by Gasteiger charge is -2.23. The summed E-state index contributed by atoms with van der Waals surface area (Å²) in [5, 5.41) is 13.9. The Morgan fingerprint density at radius 2 is 1.80 bits per heavy atom. The van der Waals surface area contributed by atoms with Crippen LogP contribution in [0.5, 0.6) is 0 Å². The maximum atomic E-state index is 12.5. The van der Waals surface area contributed by atoms with Gasteiger partial charge in [0.2, 0.25) is 5.95 Å². The Morgan fingerprint density at radius 3 is 2.47 bits per heavy atom. The summed E-state index contributed by atoms with van der Waals surface area (Å²) in [6.07, 6.45) is 2.31. The zero-order valence-electron chi connectivity index (χ0n) is 15.5. The Morgan fingerprint density at radius 1 is 1.10 bits per heavy atom. The second-order valence-corrected chi connectivity index (χ2v) is 7.33. The smallest absolute Gasteiger partial charge is 0.269 e. The predicted molar refractivity (Wildman–Crippen MR) is 110 cm³/mol. The van der Waals surface area contributed by atoms with E-state index in [2.05, 4.69) is 15.3 Å². The number of rotatable bonds is 4. The zero-order valence-corrected chi connectivity index (χ0v) is 16.3. The second-order valence-electron chi connectivity index (χ2n) is 6.89. The van der Waals surface area contributed by atoms with E-state index in [0.29, 0.717) is 29.1 Å². The molecule has 1 heterocycles. The molecule has 9 heteroatoms. The molecule has 0 radical (unpaired) electrons. The number of carbonyl (C=O) groups excluding carboxylic acids is 2. The number of nitrogens with zero attached hydrogens (tertiary/aromatic N) is 3. The van der Waals surface area contributed by atoms with Gasteiger partial charge in [-0.3, -0.25) is 25.0 Å². The summed E-state index contributed by atoms with van der Waals surface area (Å²) in [4.78, 5) is 43.6. The van der Waals surface area contributed by atoms with E-state index in [0.717, 1.165) is 5.56 Å². The van der Waals surface area contributed by atoms with E-state index in [-0.39, 0.29) is 28.9 Å². The molecule has 0 bridgehead atoms. The van der Waals surface area contributed by atoms with Gasteiger partial charge in [-0.05, 0) is 42.2 Å². The van der Waals surface area contributed by atoms with Gasteiger partial charge in [0, 0.05) is 35.3 Å². The fraction of sp³-hybridized carbons (Fsp3) is 0.143. The maximum absolute atomic E-state index is 12.5. The van der Waals surface area contributed by atoms with E-state index in [1.807, 2.05) is 12.1 Å². The van der Waals surface area contributed by atoms with Crippen molar-refractivity contribution in [1.29, 1.82) is 0 Å². The van der Waals surface area contributed by atoms with Crippen molar-refractivity contribution in [2.24, 2.45) is 0 Å². The molecule has 1 atom stereocenters. The number of benzene rings is 2. The highest BCUT2D eigenvalue weighted by atomic mass is 35.5. The van der Waals surface area contributed by atoms with Crippen LogP contribution >= 0.6 is 11.6 Å². The average Bonchev–Trinajstić information content (AvgIpc) is 2.74. The number of hydrogen-bond acceptors (Lipinski definition) is 6. The molecular weight excluding hydrogens is 408 g/mol. The van der Waals surface area contributed by atoms with E-state index in [1.54, 1.807) is 12.1 Å². The first-order valence-electron chi connectivity index (χ1n) is 9.11. The molecule has 3 aromatic rings. The number of nitro groups is 1. The van der Waals surface area contributed by atoms with Crippen molar-refractivity contribution in [2.45, 2.75) is 18.8 Å². The fourth-order valence-electron chi connectivity index (χ4n) is 3.38. The van der Waals surface area contributed by atoms with Gasteiger partial charge >= 0.3 is 0 Å². The number of carbonyl (C=O) groups is 2. The molecule has 2 aromatic carbocycles. The van der Waals surface area contributed by atoms with Crippen molar-refractivity contribution in [1.82, 2.24) is 9.97 Å². The van der Waals surface area contributed by atoms with Crippen molar-refractivity contribution in [3.63, 3.8) is 0 Å². The first-order chi connectivity index (χ1) is 14.4. The molecule has 8 nitrogen and oxygen atoms in total. The summed E-state index contributed by atoms with van der Waals surface area (Å²) in [6, 6.07) is 12.6. The molecule has 1 N–H and O–H groups in total. The third-order valence-electron chi connectivity index (χ3n) is 4.95. The van der Waals surface area contributed by atoms with Crippen LogP contribution in [0.4, 0.5) is 11.6 Å². The Hall–Kier alpha value is -3.65. The van der Waals surface area contributed by atoms with Crippen molar-refractivity contribution >= 4 is 34.9 Å². The lowest BCUT2D eigenvalue weighted by Crippen LogP contribution is -2.22. The minimum Gasteiger partial charge on any atom is -0.294 e. The lowest BCUT2D eigenvalue weighted by atomic mass is 9.82. The first kappa shape index (κ1) is 19.7. The van der Waals surface area contributed by atoms with Crippen LogP contribution in [-0.2, 0) is 6.42 Å². The van der Waals surface area contributed by atoms with Crippen LogP contribution in [0.3, 0.4) is 0 Å². The molecule has 150 valence electrons. The fourth-order valence-corrected chi connectivity index (χ4v) is 3.51. The highest BCUT2D eigenvalue weighted by Gasteiger charge is 2.28. The van der Waals surface area contributed by atoms with E-state index in [9.17, 15) is 19.7 Å².